The van der Waals surface area contributed by atoms with Gasteiger partial charge in [0.15, 0.2) is 0 Å². The van der Waals surface area contributed by atoms with Gasteiger partial charge in [0.1, 0.15) is 5.75 Å². The smallest absolute Gasteiger partial charge is 0.134 e. The highest BCUT2D eigenvalue weighted by Gasteiger charge is 2.17. The molecule has 1 N–H and O–H groups in total. The first-order valence-electron chi connectivity index (χ1n) is 6.27. The summed E-state index contributed by atoms with van der Waals surface area (Å²) in [6.07, 6.45) is 1.30. The Balaban J connectivity index is 2.37. The van der Waals surface area contributed by atoms with Gasteiger partial charge in [-0.25, -0.2) is 0 Å². The quantitative estimate of drug-likeness (QED) is 0.902. The van der Waals surface area contributed by atoms with Crippen LogP contribution in [0, 0.1) is 0 Å². The molecule has 1 heterocycles. The minimum absolute atomic E-state index is 0.214. The molecular weight excluding hydrogens is 278 g/mol. The van der Waals surface area contributed by atoms with Crippen molar-refractivity contribution in [2.45, 2.75) is 39.2 Å². The van der Waals surface area contributed by atoms with E-state index in [4.69, 9.17) is 4.74 Å². The molecule has 2 rings (SSSR count). The third-order valence-electron chi connectivity index (χ3n) is 3.11. The molecule has 0 spiro atoms. The normalized spacial score (nSPS) is 19.9. The number of halogens is 1. The number of rotatable bonds is 2. The summed E-state index contributed by atoms with van der Waals surface area (Å²) in [6.45, 7) is 8.50. The zero-order valence-corrected chi connectivity index (χ0v) is 12.3. The first-order valence-corrected chi connectivity index (χ1v) is 7.07. The second-order valence-electron chi connectivity index (χ2n) is 5.00. The van der Waals surface area contributed by atoms with Gasteiger partial charge in [0.2, 0.25) is 0 Å². The van der Waals surface area contributed by atoms with E-state index in [1.807, 2.05) is 0 Å². The van der Waals surface area contributed by atoms with Crippen LogP contribution in [0.15, 0.2) is 16.6 Å². The van der Waals surface area contributed by atoms with Crippen LogP contribution in [0.4, 0.5) is 0 Å². The minimum atomic E-state index is 0.214. The van der Waals surface area contributed by atoms with E-state index >= 15 is 0 Å². The van der Waals surface area contributed by atoms with Crippen LogP contribution in [0.5, 0.6) is 5.75 Å². The predicted octanol–water partition coefficient (Wildman–Crippen LogP) is 3.49. The molecule has 3 heteroatoms. The van der Waals surface area contributed by atoms with E-state index in [9.17, 15) is 0 Å². The van der Waals surface area contributed by atoms with Crippen LogP contribution in [-0.4, -0.2) is 19.2 Å². The molecule has 0 aliphatic carbocycles. The maximum Gasteiger partial charge on any atom is 0.134 e. The van der Waals surface area contributed by atoms with Gasteiger partial charge in [-0.3, -0.25) is 0 Å². The zero-order valence-electron chi connectivity index (χ0n) is 10.7. The van der Waals surface area contributed by atoms with Gasteiger partial charge < -0.3 is 10.1 Å². The maximum atomic E-state index is 5.82. The van der Waals surface area contributed by atoms with Crippen LogP contribution in [0.25, 0.3) is 0 Å². The molecule has 1 aliphatic heterocycles. The van der Waals surface area contributed by atoms with Crippen molar-refractivity contribution in [2.75, 3.05) is 13.1 Å². The Kier molecular flexibility index (Phi) is 4.10. The fraction of sp³-hybridized carbons (Fsp3) is 0.571. The lowest BCUT2D eigenvalue weighted by Crippen LogP contribution is -2.18. The average molecular weight is 298 g/mol. The van der Waals surface area contributed by atoms with E-state index < -0.39 is 0 Å². The Labute approximate surface area is 112 Å². The molecule has 1 unspecified atom stereocenters. The molecule has 1 atom stereocenters. The zero-order chi connectivity index (χ0) is 12.4. The number of ether oxygens (including phenoxy) is 1. The lowest BCUT2D eigenvalue weighted by atomic mass is 9.95. The number of hydrogen-bond acceptors (Lipinski definition) is 2. The summed E-state index contributed by atoms with van der Waals surface area (Å²) in [5.41, 5.74) is 2.86. The summed E-state index contributed by atoms with van der Waals surface area (Å²) in [4.78, 5) is 0. The monoisotopic (exact) mass is 297 g/mol. The maximum absolute atomic E-state index is 5.82. The van der Waals surface area contributed by atoms with Crippen molar-refractivity contribution in [3.05, 3.63) is 27.7 Å². The Morgan fingerprint density at radius 3 is 2.88 bits per heavy atom. The van der Waals surface area contributed by atoms with Crippen molar-refractivity contribution in [2.24, 2.45) is 0 Å². The third-order valence-corrected chi connectivity index (χ3v) is 3.73. The second-order valence-corrected chi connectivity index (χ2v) is 5.86. The third kappa shape index (κ3) is 3.02. The molecule has 0 fully saturated rings. The molecule has 1 aromatic rings. The largest absolute Gasteiger partial charge is 0.490 e. The molecule has 17 heavy (non-hydrogen) atoms. The molecule has 2 nitrogen and oxygen atoms in total. The predicted molar refractivity (Wildman–Crippen MR) is 74.9 cm³/mol. The topological polar surface area (TPSA) is 21.3 Å². The highest BCUT2D eigenvalue weighted by Crippen LogP contribution is 2.33. The van der Waals surface area contributed by atoms with Crippen LogP contribution < -0.4 is 10.1 Å². The van der Waals surface area contributed by atoms with Crippen molar-refractivity contribution in [3.8, 4) is 5.75 Å². The second kappa shape index (κ2) is 5.40. The molecule has 0 radical (unpaired) electrons. The Hall–Kier alpha value is -0.540. The van der Waals surface area contributed by atoms with Gasteiger partial charge >= 0.3 is 0 Å². The van der Waals surface area contributed by atoms with Crippen LogP contribution in [0.3, 0.4) is 0 Å². The summed E-state index contributed by atoms with van der Waals surface area (Å²) < 4.78 is 6.89. The molecule has 0 bridgehead atoms. The van der Waals surface area contributed by atoms with Gasteiger partial charge in [0.05, 0.1) is 10.6 Å². The van der Waals surface area contributed by atoms with Crippen LogP contribution in [0.2, 0.25) is 0 Å². The lowest BCUT2D eigenvalue weighted by Gasteiger charge is -2.17. The molecule has 0 saturated heterocycles. The van der Waals surface area contributed by atoms with Gasteiger partial charge in [0, 0.05) is 6.54 Å². The Morgan fingerprint density at radius 1 is 1.41 bits per heavy atom. The van der Waals surface area contributed by atoms with Crippen molar-refractivity contribution in [1.29, 1.82) is 0 Å². The fourth-order valence-electron chi connectivity index (χ4n) is 2.28. The molecule has 1 aromatic carbocycles. The first kappa shape index (κ1) is 12.9. The van der Waals surface area contributed by atoms with Crippen molar-refractivity contribution >= 4 is 15.9 Å². The molecular formula is C14H20BrNO. The van der Waals surface area contributed by atoms with Gasteiger partial charge in [-0.05, 0) is 71.9 Å². The molecule has 1 aliphatic rings. The van der Waals surface area contributed by atoms with E-state index in [1.165, 1.54) is 11.1 Å². The minimum Gasteiger partial charge on any atom is -0.490 e. The van der Waals surface area contributed by atoms with Crippen molar-refractivity contribution < 1.29 is 4.74 Å². The Morgan fingerprint density at radius 2 is 2.18 bits per heavy atom. The first-order chi connectivity index (χ1) is 8.08. The lowest BCUT2D eigenvalue weighted by molar-refractivity contribution is 0.240. The van der Waals surface area contributed by atoms with Gasteiger partial charge in [0.25, 0.3) is 0 Å². The van der Waals surface area contributed by atoms with Crippen LogP contribution in [0.1, 0.15) is 37.8 Å². The summed E-state index contributed by atoms with van der Waals surface area (Å²) in [5.74, 6) is 1.53. The molecule has 94 valence electrons. The van der Waals surface area contributed by atoms with Gasteiger partial charge in [-0.15, -0.1) is 0 Å². The number of benzene rings is 1. The van der Waals surface area contributed by atoms with E-state index in [2.05, 4.69) is 54.2 Å². The van der Waals surface area contributed by atoms with Gasteiger partial charge in [-0.1, -0.05) is 6.92 Å². The molecule has 0 amide bonds. The average Bonchev–Trinajstić information content (AvgIpc) is 2.42. The summed E-state index contributed by atoms with van der Waals surface area (Å²) in [7, 11) is 0. The number of hydrogen-bond donors (Lipinski definition) is 1. The van der Waals surface area contributed by atoms with Crippen molar-refractivity contribution in [1.82, 2.24) is 5.32 Å². The van der Waals surface area contributed by atoms with E-state index in [0.717, 1.165) is 29.7 Å². The Bertz CT molecular complexity index is 403. The summed E-state index contributed by atoms with van der Waals surface area (Å²) >= 11 is 3.61. The highest BCUT2D eigenvalue weighted by atomic mass is 79.9. The van der Waals surface area contributed by atoms with E-state index in [0.29, 0.717) is 5.92 Å². The standard InChI is InChI=1S/C14H20BrNO/c1-9(2)17-14-6-11-4-5-16-8-10(3)12(11)7-13(14)15/h6-7,9-10,16H,4-5,8H2,1-3H3. The van der Waals surface area contributed by atoms with Crippen LogP contribution >= 0.6 is 15.9 Å². The van der Waals surface area contributed by atoms with E-state index in [-0.39, 0.29) is 6.10 Å². The molecule has 0 aromatic heterocycles. The SMILES string of the molecule is CC(C)Oc1cc2c(cc1Br)C(C)CNCC2. The highest BCUT2D eigenvalue weighted by molar-refractivity contribution is 9.10. The fourth-order valence-corrected chi connectivity index (χ4v) is 2.74. The van der Waals surface area contributed by atoms with Gasteiger partial charge in [-0.2, -0.15) is 0 Å². The number of fused-ring (bicyclic) bond motifs is 1. The summed E-state index contributed by atoms with van der Waals surface area (Å²) in [6, 6.07) is 4.42. The van der Waals surface area contributed by atoms with Crippen molar-refractivity contribution in [3.63, 3.8) is 0 Å². The molecule has 0 saturated carbocycles. The summed E-state index contributed by atoms with van der Waals surface area (Å²) in [5, 5.41) is 3.47. The van der Waals surface area contributed by atoms with E-state index in [1.54, 1.807) is 0 Å². The number of nitrogens with one attached hydrogen (secondary N) is 1. The van der Waals surface area contributed by atoms with Crippen LogP contribution in [-0.2, 0) is 6.42 Å².